The van der Waals surface area contributed by atoms with Gasteiger partial charge in [-0.25, -0.2) is 0 Å². The summed E-state index contributed by atoms with van der Waals surface area (Å²) < 4.78 is 0.698. The Balaban J connectivity index is 3.10. The number of hydrogen-bond acceptors (Lipinski definition) is 3. The first kappa shape index (κ1) is 9.61. The van der Waals surface area contributed by atoms with Crippen molar-refractivity contribution < 1.29 is 5.11 Å². The molecule has 0 radical (unpaired) electrons. The van der Waals surface area contributed by atoms with Crippen molar-refractivity contribution in [1.29, 1.82) is 0 Å². The van der Waals surface area contributed by atoms with Crippen molar-refractivity contribution >= 4 is 15.9 Å². The Kier molecular flexibility index (Phi) is 2.80. The van der Waals surface area contributed by atoms with Crippen molar-refractivity contribution in [2.24, 2.45) is 0 Å². The summed E-state index contributed by atoms with van der Waals surface area (Å²) in [5, 5.41) is 16.7. The van der Waals surface area contributed by atoms with Crippen LogP contribution in [0.3, 0.4) is 0 Å². The molecule has 0 spiro atoms. The summed E-state index contributed by atoms with van der Waals surface area (Å²) in [7, 11) is 0. The first-order valence-electron chi connectivity index (χ1n) is 3.66. The highest BCUT2D eigenvalue weighted by Crippen LogP contribution is 2.26. The maximum atomic E-state index is 9.10. The summed E-state index contributed by atoms with van der Waals surface area (Å²) in [6, 6.07) is 1.85. The molecule has 4 heteroatoms. The number of rotatable bonds is 2. The van der Waals surface area contributed by atoms with Gasteiger partial charge in [-0.15, -0.1) is 5.10 Å². The van der Waals surface area contributed by atoms with Crippen LogP contribution in [0.2, 0.25) is 0 Å². The van der Waals surface area contributed by atoms with Gasteiger partial charge in [-0.1, -0.05) is 13.8 Å². The van der Waals surface area contributed by atoms with E-state index >= 15 is 0 Å². The molecule has 0 aliphatic rings. The molecule has 1 heterocycles. The second-order valence-corrected chi connectivity index (χ2v) is 4.03. The SMILES string of the molecule is CC(C)(CO)c1ccnnc1Br. The molecular weight excluding hydrogens is 220 g/mol. The van der Waals surface area contributed by atoms with Crippen molar-refractivity contribution in [3.8, 4) is 0 Å². The van der Waals surface area contributed by atoms with Crippen LogP contribution in [0.5, 0.6) is 0 Å². The van der Waals surface area contributed by atoms with Crippen LogP contribution in [0.4, 0.5) is 0 Å². The molecule has 1 rings (SSSR count). The van der Waals surface area contributed by atoms with Gasteiger partial charge in [0.05, 0.1) is 6.61 Å². The van der Waals surface area contributed by atoms with Crippen LogP contribution < -0.4 is 0 Å². The number of halogens is 1. The largest absolute Gasteiger partial charge is 0.395 e. The molecule has 0 amide bonds. The van der Waals surface area contributed by atoms with Gasteiger partial charge in [0, 0.05) is 11.6 Å². The minimum Gasteiger partial charge on any atom is -0.395 e. The van der Waals surface area contributed by atoms with Gasteiger partial charge < -0.3 is 5.11 Å². The van der Waals surface area contributed by atoms with Gasteiger partial charge in [0.1, 0.15) is 4.60 Å². The predicted molar refractivity (Wildman–Crippen MR) is 49.8 cm³/mol. The second-order valence-electron chi connectivity index (χ2n) is 3.28. The van der Waals surface area contributed by atoms with Crippen LogP contribution >= 0.6 is 15.9 Å². The molecule has 0 saturated carbocycles. The first-order valence-corrected chi connectivity index (χ1v) is 4.46. The Morgan fingerprint density at radius 3 is 2.75 bits per heavy atom. The third kappa shape index (κ3) is 1.81. The summed E-state index contributed by atoms with van der Waals surface area (Å²) in [6.45, 7) is 4.00. The van der Waals surface area contributed by atoms with Gasteiger partial charge in [0.2, 0.25) is 0 Å². The van der Waals surface area contributed by atoms with Crippen molar-refractivity contribution in [2.45, 2.75) is 19.3 Å². The Morgan fingerprint density at radius 2 is 2.25 bits per heavy atom. The van der Waals surface area contributed by atoms with Crippen LogP contribution in [-0.2, 0) is 5.41 Å². The molecule has 66 valence electrons. The van der Waals surface area contributed by atoms with E-state index in [1.165, 1.54) is 0 Å². The molecule has 0 aromatic carbocycles. The quantitative estimate of drug-likeness (QED) is 0.839. The van der Waals surface area contributed by atoms with Gasteiger partial charge in [-0.2, -0.15) is 5.10 Å². The number of aromatic nitrogens is 2. The Morgan fingerprint density at radius 1 is 1.58 bits per heavy atom. The number of hydrogen-bond donors (Lipinski definition) is 1. The molecule has 0 aliphatic carbocycles. The fraction of sp³-hybridized carbons (Fsp3) is 0.500. The monoisotopic (exact) mass is 230 g/mol. The van der Waals surface area contributed by atoms with E-state index in [0.29, 0.717) is 4.60 Å². The van der Waals surface area contributed by atoms with Crippen molar-refractivity contribution in [3.05, 3.63) is 22.4 Å². The van der Waals surface area contributed by atoms with Gasteiger partial charge in [0.25, 0.3) is 0 Å². The molecular formula is C8H11BrN2O. The average molecular weight is 231 g/mol. The lowest BCUT2D eigenvalue weighted by Gasteiger charge is -2.22. The maximum Gasteiger partial charge on any atom is 0.132 e. The minimum absolute atomic E-state index is 0.0945. The van der Waals surface area contributed by atoms with Crippen LogP contribution in [0, 0.1) is 0 Å². The predicted octanol–water partition coefficient (Wildman–Crippen LogP) is 1.51. The molecule has 1 aromatic heterocycles. The van der Waals surface area contributed by atoms with E-state index in [1.54, 1.807) is 6.20 Å². The van der Waals surface area contributed by atoms with E-state index in [0.717, 1.165) is 5.56 Å². The summed E-state index contributed by atoms with van der Waals surface area (Å²) in [5.74, 6) is 0. The van der Waals surface area contributed by atoms with E-state index in [2.05, 4.69) is 26.1 Å². The average Bonchev–Trinajstić information content (AvgIpc) is 2.05. The molecule has 0 atom stereocenters. The molecule has 0 saturated heterocycles. The van der Waals surface area contributed by atoms with Crippen molar-refractivity contribution in [3.63, 3.8) is 0 Å². The maximum absolute atomic E-state index is 9.10. The van der Waals surface area contributed by atoms with Crippen molar-refractivity contribution in [2.75, 3.05) is 6.61 Å². The fourth-order valence-corrected chi connectivity index (χ4v) is 1.66. The Labute approximate surface area is 80.0 Å². The second kappa shape index (κ2) is 3.49. The minimum atomic E-state index is -0.269. The zero-order chi connectivity index (χ0) is 9.19. The van der Waals surface area contributed by atoms with Crippen LogP contribution in [-0.4, -0.2) is 21.9 Å². The lowest BCUT2D eigenvalue weighted by atomic mass is 9.87. The Hall–Kier alpha value is -0.480. The topological polar surface area (TPSA) is 46.0 Å². The molecule has 1 N–H and O–H groups in total. The normalized spacial score (nSPS) is 11.7. The number of aliphatic hydroxyl groups is 1. The van der Waals surface area contributed by atoms with Crippen LogP contribution in [0.25, 0.3) is 0 Å². The zero-order valence-electron chi connectivity index (χ0n) is 7.08. The van der Waals surface area contributed by atoms with E-state index in [-0.39, 0.29) is 12.0 Å². The standard InChI is InChI=1S/C8H11BrN2O/c1-8(2,5-12)6-3-4-10-11-7(6)9/h3-4,12H,5H2,1-2H3. The lowest BCUT2D eigenvalue weighted by Crippen LogP contribution is -2.23. The zero-order valence-corrected chi connectivity index (χ0v) is 8.67. The molecule has 0 bridgehead atoms. The summed E-state index contributed by atoms with van der Waals surface area (Å²) in [6.07, 6.45) is 1.62. The highest BCUT2D eigenvalue weighted by Gasteiger charge is 2.22. The lowest BCUT2D eigenvalue weighted by molar-refractivity contribution is 0.217. The van der Waals surface area contributed by atoms with E-state index < -0.39 is 0 Å². The number of nitrogens with zero attached hydrogens (tertiary/aromatic N) is 2. The highest BCUT2D eigenvalue weighted by molar-refractivity contribution is 9.10. The third-order valence-corrected chi connectivity index (χ3v) is 2.39. The molecule has 12 heavy (non-hydrogen) atoms. The summed E-state index contributed by atoms with van der Waals surface area (Å²) >= 11 is 3.29. The van der Waals surface area contributed by atoms with Crippen molar-refractivity contribution in [1.82, 2.24) is 10.2 Å². The molecule has 1 aromatic rings. The van der Waals surface area contributed by atoms with Crippen LogP contribution in [0.15, 0.2) is 16.9 Å². The van der Waals surface area contributed by atoms with Gasteiger partial charge >= 0.3 is 0 Å². The van der Waals surface area contributed by atoms with Gasteiger partial charge in [-0.05, 0) is 27.6 Å². The smallest absolute Gasteiger partial charge is 0.132 e. The third-order valence-electron chi connectivity index (χ3n) is 1.80. The molecule has 0 unspecified atom stereocenters. The highest BCUT2D eigenvalue weighted by atomic mass is 79.9. The van der Waals surface area contributed by atoms with E-state index in [4.69, 9.17) is 5.11 Å². The Bertz CT molecular complexity index is 276. The van der Waals surface area contributed by atoms with Crippen LogP contribution in [0.1, 0.15) is 19.4 Å². The fourth-order valence-electron chi connectivity index (χ4n) is 0.905. The molecule has 0 fully saturated rings. The van der Waals surface area contributed by atoms with Gasteiger partial charge in [-0.3, -0.25) is 0 Å². The molecule has 3 nitrogen and oxygen atoms in total. The van der Waals surface area contributed by atoms with Gasteiger partial charge in [0.15, 0.2) is 0 Å². The summed E-state index contributed by atoms with van der Waals surface area (Å²) in [5.41, 5.74) is 0.703. The number of aliphatic hydroxyl groups excluding tert-OH is 1. The first-order chi connectivity index (χ1) is 5.58. The summed E-state index contributed by atoms with van der Waals surface area (Å²) in [4.78, 5) is 0. The van der Waals surface area contributed by atoms with E-state index in [1.807, 2.05) is 19.9 Å². The van der Waals surface area contributed by atoms with E-state index in [9.17, 15) is 0 Å². The molecule has 0 aliphatic heterocycles.